The first-order chi connectivity index (χ1) is 10.9. The third-order valence-corrected chi connectivity index (χ3v) is 3.54. The van der Waals surface area contributed by atoms with Gasteiger partial charge in [0.2, 0.25) is 0 Å². The van der Waals surface area contributed by atoms with Gasteiger partial charge in [0.05, 0.1) is 5.69 Å². The van der Waals surface area contributed by atoms with E-state index >= 15 is 0 Å². The Morgan fingerprint density at radius 2 is 1.48 bits per heavy atom. The van der Waals surface area contributed by atoms with Gasteiger partial charge in [-0.3, -0.25) is 0 Å². The lowest BCUT2D eigenvalue weighted by atomic mass is 10.1. The normalized spacial score (nSPS) is 10.8. The van der Waals surface area contributed by atoms with Gasteiger partial charge in [-0.25, -0.2) is 9.67 Å². The summed E-state index contributed by atoms with van der Waals surface area (Å²) in [6.07, 6.45) is 0. The van der Waals surface area contributed by atoms with E-state index in [-0.39, 0.29) is 0 Å². The van der Waals surface area contributed by atoms with Crippen molar-refractivity contribution >= 4 is 11.5 Å². The maximum absolute atomic E-state index is 4.61. The maximum atomic E-state index is 4.61. The summed E-state index contributed by atoms with van der Waals surface area (Å²) in [5, 5.41) is 7.83. The molecule has 3 rings (SSSR count). The Balaban J connectivity index is 1.99. The molecule has 0 unspecified atom stereocenters. The predicted molar refractivity (Wildman–Crippen MR) is 92.6 cm³/mol. The smallest absolute Gasteiger partial charge is 0.252 e. The van der Waals surface area contributed by atoms with Crippen molar-refractivity contribution in [3.8, 4) is 5.95 Å². The van der Waals surface area contributed by atoms with E-state index in [1.807, 2.05) is 32.9 Å². The van der Waals surface area contributed by atoms with Crippen LogP contribution in [-0.4, -0.2) is 19.7 Å². The molecular weight excluding hydrogens is 286 g/mol. The maximum Gasteiger partial charge on any atom is 0.252 e. The molecule has 0 saturated carbocycles. The standard InChI is InChI=1S/C18H21N5/c1-11-6-12(2)8-16(7-11)20-17-10-13(3)19-18(21-17)23-15(5)9-14(4)22-23/h6-10H,1-5H3,(H,19,20,21). The van der Waals surface area contributed by atoms with Crippen LogP contribution in [0.4, 0.5) is 11.5 Å². The summed E-state index contributed by atoms with van der Waals surface area (Å²) in [4.78, 5) is 9.12. The number of rotatable bonds is 3. The molecule has 0 atom stereocenters. The average Bonchev–Trinajstić information content (AvgIpc) is 2.75. The zero-order chi connectivity index (χ0) is 16.6. The number of nitrogens with zero attached hydrogens (tertiary/aromatic N) is 4. The second kappa shape index (κ2) is 5.83. The van der Waals surface area contributed by atoms with Gasteiger partial charge in [0, 0.05) is 23.1 Å². The number of aromatic nitrogens is 4. The lowest BCUT2D eigenvalue weighted by Gasteiger charge is -2.10. The third kappa shape index (κ3) is 3.39. The Hall–Kier alpha value is -2.69. The van der Waals surface area contributed by atoms with Crippen LogP contribution in [0.5, 0.6) is 0 Å². The number of anilines is 2. The average molecular weight is 307 g/mol. The SMILES string of the molecule is Cc1cc(C)cc(Nc2cc(C)nc(-n3nc(C)cc3C)n2)c1. The van der Waals surface area contributed by atoms with Gasteiger partial charge in [0.25, 0.3) is 5.95 Å². The van der Waals surface area contributed by atoms with Crippen LogP contribution in [0.15, 0.2) is 30.3 Å². The topological polar surface area (TPSA) is 55.6 Å². The molecular formula is C18H21N5. The first-order valence-corrected chi connectivity index (χ1v) is 7.65. The molecule has 5 heteroatoms. The summed E-state index contributed by atoms with van der Waals surface area (Å²) >= 11 is 0. The molecule has 0 bridgehead atoms. The van der Waals surface area contributed by atoms with E-state index in [4.69, 9.17) is 0 Å². The van der Waals surface area contributed by atoms with E-state index in [1.165, 1.54) is 11.1 Å². The zero-order valence-corrected chi connectivity index (χ0v) is 14.2. The minimum absolute atomic E-state index is 0.586. The van der Waals surface area contributed by atoms with Crippen molar-refractivity contribution in [2.45, 2.75) is 34.6 Å². The van der Waals surface area contributed by atoms with Gasteiger partial charge in [-0.15, -0.1) is 0 Å². The van der Waals surface area contributed by atoms with Crippen LogP contribution in [-0.2, 0) is 0 Å². The Morgan fingerprint density at radius 1 is 0.783 bits per heavy atom. The minimum Gasteiger partial charge on any atom is -0.340 e. The number of hydrogen-bond acceptors (Lipinski definition) is 4. The van der Waals surface area contributed by atoms with Crippen LogP contribution >= 0.6 is 0 Å². The predicted octanol–water partition coefficient (Wildman–Crippen LogP) is 3.95. The van der Waals surface area contributed by atoms with Crippen molar-refractivity contribution in [3.05, 3.63) is 58.5 Å². The van der Waals surface area contributed by atoms with Crippen LogP contribution in [0, 0.1) is 34.6 Å². The molecule has 0 aliphatic rings. The van der Waals surface area contributed by atoms with E-state index in [1.54, 1.807) is 4.68 Å². The molecule has 118 valence electrons. The van der Waals surface area contributed by atoms with Crippen molar-refractivity contribution in [2.75, 3.05) is 5.32 Å². The largest absolute Gasteiger partial charge is 0.340 e. The van der Waals surface area contributed by atoms with Gasteiger partial charge in [0.15, 0.2) is 0 Å². The van der Waals surface area contributed by atoms with Crippen molar-refractivity contribution in [1.82, 2.24) is 19.7 Å². The van der Waals surface area contributed by atoms with E-state index in [9.17, 15) is 0 Å². The van der Waals surface area contributed by atoms with Crippen molar-refractivity contribution in [2.24, 2.45) is 0 Å². The fraction of sp³-hybridized carbons (Fsp3) is 0.278. The summed E-state index contributed by atoms with van der Waals surface area (Å²) in [6.45, 7) is 10.1. The number of hydrogen-bond donors (Lipinski definition) is 1. The first-order valence-electron chi connectivity index (χ1n) is 7.65. The Kier molecular flexibility index (Phi) is 3.86. The summed E-state index contributed by atoms with van der Waals surface area (Å²) in [7, 11) is 0. The highest BCUT2D eigenvalue weighted by molar-refractivity contribution is 5.59. The molecule has 2 heterocycles. The molecule has 3 aromatic rings. The van der Waals surface area contributed by atoms with Crippen LogP contribution in [0.1, 0.15) is 28.2 Å². The summed E-state index contributed by atoms with van der Waals surface area (Å²) in [5.41, 5.74) is 6.34. The molecule has 0 aliphatic heterocycles. The van der Waals surface area contributed by atoms with Crippen LogP contribution in [0.25, 0.3) is 5.95 Å². The van der Waals surface area contributed by atoms with Gasteiger partial charge in [-0.1, -0.05) is 6.07 Å². The van der Waals surface area contributed by atoms with Crippen LogP contribution < -0.4 is 5.32 Å². The fourth-order valence-corrected chi connectivity index (χ4v) is 2.74. The minimum atomic E-state index is 0.586. The lowest BCUT2D eigenvalue weighted by molar-refractivity contribution is 0.770. The van der Waals surface area contributed by atoms with Crippen LogP contribution in [0.2, 0.25) is 0 Å². The van der Waals surface area contributed by atoms with Gasteiger partial charge in [-0.2, -0.15) is 10.1 Å². The fourth-order valence-electron chi connectivity index (χ4n) is 2.74. The number of nitrogens with one attached hydrogen (secondary N) is 1. The summed E-state index contributed by atoms with van der Waals surface area (Å²) in [6, 6.07) is 10.3. The highest BCUT2D eigenvalue weighted by Crippen LogP contribution is 2.20. The molecule has 0 saturated heterocycles. The lowest BCUT2D eigenvalue weighted by Crippen LogP contribution is -2.08. The highest BCUT2D eigenvalue weighted by Gasteiger charge is 2.09. The van der Waals surface area contributed by atoms with E-state index in [0.29, 0.717) is 5.95 Å². The van der Waals surface area contributed by atoms with Crippen molar-refractivity contribution in [3.63, 3.8) is 0 Å². The van der Waals surface area contributed by atoms with Crippen molar-refractivity contribution in [1.29, 1.82) is 0 Å². The molecule has 0 spiro atoms. The van der Waals surface area contributed by atoms with Gasteiger partial charge < -0.3 is 5.32 Å². The number of aryl methyl sites for hydroxylation is 5. The molecule has 5 nitrogen and oxygen atoms in total. The zero-order valence-electron chi connectivity index (χ0n) is 14.2. The highest BCUT2D eigenvalue weighted by atomic mass is 15.4. The van der Waals surface area contributed by atoms with E-state index in [2.05, 4.69) is 52.4 Å². The molecule has 0 radical (unpaired) electrons. The molecule has 0 amide bonds. The second-order valence-electron chi connectivity index (χ2n) is 6.03. The molecule has 0 fully saturated rings. The molecule has 1 aromatic carbocycles. The first kappa shape index (κ1) is 15.2. The summed E-state index contributed by atoms with van der Waals surface area (Å²) < 4.78 is 1.77. The third-order valence-electron chi connectivity index (χ3n) is 3.54. The molecule has 0 aliphatic carbocycles. The summed E-state index contributed by atoms with van der Waals surface area (Å²) in [5.74, 6) is 1.35. The molecule has 2 aromatic heterocycles. The Bertz CT molecular complexity index is 844. The Morgan fingerprint density at radius 3 is 2.09 bits per heavy atom. The van der Waals surface area contributed by atoms with Gasteiger partial charge in [-0.05, 0) is 63.9 Å². The van der Waals surface area contributed by atoms with Crippen LogP contribution in [0.3, 0.4) is 0 Å². The Labute approximate surface area is 136 Å². The van der Waals surface area contributed by atoms with Gasteiger partial charge >= 0.3 is 0 Å². The second-order valence-corrected chi connectivity index (χ2v) is 6.03. The molecule has 23 heavy (non-hydrogen) atoms. The van der Waals surface area contributed by atoms with E-state index < -0.39 is 0 Å². The quantitative estimate of drug-likeness (QED) is 0.796. The molecule has 1 N–H and O–H groups in total. The van der Waals surface area contributed by atoms with E-state index in [0.717, 1.165) is 28.6 Å². The van der Waals surface area contributed by atoms with Crippen molar-refractivity contribution < 1.29 is 0 Å². The monoisotopic (exact) mass is 307 g/mol. The van der Waals surface area contributed by atoms with Gasteiger partial charge in [0.1, 0.15) is 5.82 Å². The number of benzene rings is 1.